The van der Waals surface area contributed by atoms with Crippen molar-refractivity contribution in [3.05, 3.63) is 31.3 Å². The quantitative estimate of drug-likeness (QED) is 0.592. The molecular weight excluding hydrogens is 359 g/mol. The monoisotopic (exact) mass is 368 g/mol. The Morgan fingerprint density at radius 3 is 2.79 bits per heavy atom. The number of hydrogen-bond acceptors (Lipinski definition) is 2. The van der Waals surface area contributed by atoms with E-state index in [-0.39, 0.29) is 5.97 Å². The van der Waals surface area contributed by atoms with Crippen LogP contribution < -0.4 is 0 Å². The molecule has 1 rings (SSSR count). The van der Waals surface area contributed by atoms with Gasteiger partial charge in [-0.3, -0.25) is 4.79 Å². The summed E-state index contributed by atoms with van der Waals surface area (Å²) in [4.78, 5) is 11.1. The molecule has 1 aromatic rings. The van der Waals surface area contributed by atoms with Gasteiger partial charge in [0.05, 0.1) is 13.5 Å². The fourth-order valence-electron chi connectivity index (χ4n) is 1.05. The average molecular weight is 369 g/mol. The molecule has 0 amide bonds. The first kappa shape index (κ1) is 12.0. The van der Waals surface area contributed by atoms with Crippen LogP contribution in [0.2, 0.25) is 0 Å². The Balaban J connectivity index is 3.00. The third-order valence-corrected chi connectivity index (χ3v) is 4.96. The molecule has 0 atom stereocenters. The van der Waals surface area contributed by atoms with Gasteiger partial charge in [-0.05, 0) is 56.6 Å². The van der Waals surface area contributed by atoms with E-state index < -0.39 is 0 Å². The van der Waals surface area contributed by atoms with Crippen LogP contribution in [0.15, 0.2) is 16.6 Å². The second kappa shape index (κ2) is 5.11. The molecule has 1 aromatic carbocycles. The van der Waals surface area contributed by atoms with Crippen molar-refractivity contribution in [2.24, 2.45) is 0 Å². The highest BCUT2D eigenvalue weighted by atomic mass is 127. The molecule has 0 spiro atoms. The van der Waals surface area contributed by atoms with Crippen molar-refractivity contribution in [2.45, 2.75) is 13.3 Å². The Kier molecular flexibility index (Phi) is 4.37. The molecule has 0 bridgehead atoms. The van der Waals surface area contributed by atoms with Gasteiger partial charge in [-0.25, -0.2) is 0 Å². The Morgan fingerprint density at radius 1 is 1.57 bits per heavy atom. The summed E-state index contributed by atoms with van der Waals surface area (Å²) in [6.07, 6.45) is 0.313. The summed E-state index contributed by atoms with van der Waals surface area (Å²) in [5, 5.41) is 0. The Hall–Kier alpha value is -0.100. The van der Waals surface area contributed by atoms with Crippen LogP contribution in [-0.4, -0.2) is 13.1 Å². The van der Waals surface area contributed by atoms with Crippen LogP contribution in [0.5, 0.6) is 0 Å². The van der Waals surface area contributed by atoms with Gasteiger partial charge in [-0.15, -0.1) is 0 Å². The normalized spacial score (nSPS) is 10.0. The van der Waals surface area contributed by atoms with Crippen LogP contribution >= 0.6 is 38.5 Å². The van der Waals surface area contributed by atoms with Crippen molar-refractivity contribution in [3.63, 3.8) is 0 Å². The van der Waals surface area contributed by atoms with Gasteiger partial charge in [0, 0.05) is 8.04 Å². The zero-order chi connectivity index (χ0) is 10.7. The fourth-order valence-corrected chi connectivity index (χ4v) is 2.16. The molecule has 0 aliphatic carbocycles. The SMILES string of the molecule is COC(=O)Cc1ccc(C)c(I)c1Br. The highest BCUT2D eigenvalue weighted by Crippen LogP contribution is 2.26. The van der Waals surface area contributed by atoms with Crippen molar-refractivity contribution in [1.82, 2.24) is 0 Å². The van der Waals surface area contributed by atoms with E-state index in [4.69, 9.17) is 0 Å². The summed E-state index contributed by atoms with van der Waals surface area (Å²) in [6.45, 7) is 2.04. The number of rotatable bonds is 2. The van der Waals surface area contributed by atoms with Crippen LogP contribution in [0, 0.1) is 10.5 Å². The molecule has 0 heterocycles. The van der Waals surface area contributed by atoms with E-state index in [9.17, 15) is 4.79 Å². The fraction of sp³-hybridized carbons (Fsp3) is 0.300. The van der Waals surface area contributed by atoms with E-state index in [1.54, 1.807) is 0 Å². The van der Waals surface area contributed by atoms with Crippen molar-refractivity contribution in [1.29, 1.82) is 0 Å². The first-order valence-corrected chi connectivity index (χ1v) is 5.93. The molecule has 14 heavy (non-hydrogen) atoms. The second-order valence-electron chi connectivity index (χ2n) is 2.92. The molecule has 0 fully saturated rings. The van der Waals surface area contributed by atoms with Crippen LogP contribution in [0.1, 0.15) is 11.1 Å². The molecule has 0 saturated carbocycles. The Morgan fingerprint density at radius 2 is 2.21 bits per heavy atom. The van der Waals surface area contributed by atoms with Gasteiger partial charge >= 0.3 is 5.97 Å². The lowest BCUT2D eigenvalue weighted by Crippen LogP contribution is -2.05. The summed E-state index contributed by atoms with van der Waals surface area (Å²) in [5.74, 6) is -0.217. The van der Waals surface area contributed by atoms with E-state index >= 15 is 0 Å². The van der Waals surface area contributed by atoms with Crippen molar-refractivity contribution in [3.8, 4) is 0 Å². The number of hydrogen-bond donors (Lipinski definition) is 0. The van der Waals surface area contributed by atoms with Crippen molar-refractivity contribution < 1.29 is 9.53 Å². The summed E-state index contributed by atoms with van der Waals surface area (Å²) in [5.41, 5.74) is 2.16. The molecule has 0 aliphatic rings. The summed E-state index contributed by atoms with van der Waals surface area (Å²) >= 11 is 5.73. The minimum atomic E-state index is -0.217. The van der Waals surface area contributed by atoms with Gasteiger partial charge in [-0.1, -0.05) is 12.1 Å². The number of methoxy groups -OCH3 is 1. The number of ether oxygens (including phenoxy) is 1. The van der Waals surface area contributed by atoms with Crippen LogP contribution in [0.4, 0.5) is 0 Å². The zero-order valence-electron chi connectivity index (χ0n) is 7.93. The van der Waals surface area contributed by atoms with Gasteiger partial charge in [0.25, 0.3) is 0 Å². The van der Waals surface area contributed by atoms with E-state index in [0.29, 0.717) is 6.42 Å². The number of benzene rings is 1. The lowest BCUT2D eigenvalue weighted by Gasteiger charge is -2.07. The molecule has 0 N–H and O–H groups in total. The number of esters is 1. The molecule has 0 aliphatic heterocycles. The highest BCUT2D eigenvalue weighted by Gasteiger charge is 2.10. The minimum absolute atomic E-state index is 0.217. The predicted molar refractivity (Wildman–Crippen MR) is 67.3 cm³/mol. The summed E-state index contributed by atoms with van der Waals surface area (Å²) < 4.78 is 6.75. The average Bonchev–Trinajstić information content (AvgIpc) is 2.19. The van der Waals surface area contributed by atoms with Crippen LogP contribution in [0.3, 0.4) is 0 Å². The lowest BCUT2D eigenvalue weighted by atomic mass is 10.1. The lowest BCUT2D eigenvalue weighted by molar-refractivity contribution is -0.139. The molecule has 0 aromatic heterocycles. The van der Waals surface area contributed by atoms with Crippen molar-refractivity contribution >= 4 is 44.5 Å². The molecular formula is C10H10BrIO2. The Labute approximate surface area is 105 Å². The minimum Gasteiger partial charge on any atom is -0.469 e. The molecule has 0 radical (unpaired) electrons. The molecule has 76 valence electrons. The Bertz CT molecular complexity index is 363. The third kappa shape index (κ3) is 2.70. The summed E-state index contributed by atoms with van der Waals surface area (Å²) in [6, 6.07) is 3.95. The number of carbonyl (C=O) groups is 1. The van der Waals surface area contributed by atoms with Crippen LogP contribution in [0.25, 0.3) is 0 Å². The summed E-state index contributed by atoms with van der Waals surface area (Å²) in [7, 11) is 1.40. The predicted octanol–water partition coefficient (Wildman–Crippen LogP) is 3.08. The number of carbonyl (C=O) groups excluding carboxylic acids is 1. The maximum atomic E-state index is 11.1. The molecule has 0 unspecified atom stereocenters. The van der Waals surface area contributed by atoms with Gasteiger partial charge in [0.1, 0.15) is 0 Å². The third-order valence-electron chi connectivity index (χ3n) is 1.92. The van der Waals surface area contributed by atoms with Crippen LogP contribution in [-0.2, 0) is 16.0 Å². The number of halogens is 2. The zero-order valence-corrected chi connectivity index (χ0v) is 11.7. The first-order chi connectivity index (χ1) is 6.56. The number of aryl methyl sites for hydroxylation is 1. The van der Waals surface area contributed by atoms with Gasteiger partial charge in [-0.2, -0.15) is 0 Å². The van der Waals surface area contributed by atoms with Gasteiger partial charge < -0.3 is 4.74 Å². The second-order valence-corrected chi connectivity index (χ2v) is 4.79. The topological polar surface area (TPSA) is 26.3 Å². The molecule has 2 nitrogen and oxygen atoms in total. The maximum Gasteiger partial charge on any atom is 0.310 e. The highest BCUT2D eigenvalue weighted by molar-refractivity contribution is 14.1. The largest absolute Gasteiger partial charge is 0.469 e. The standard InChI is InChI=1S/C10H10BrIO2/c1-6-3-4-7(5-8(13)14-2)9(11)10(6)12/h3-4H,5H2,1-2H3. The molecule has 0 saturated heterocycles. The van der Waals surface area contributed by atoms with Gasteiger partial charge in [0.2, 0.25) is 0 Å². The van der Waals surface area contributed by atoms with Crippen molar-refractivity contribution in [2.75, 3.05) is 7.11 Å². The van der Waals surface area contributed by atoms with Gasteiger partial charge in [0.15, 0.2) is 0 Å². The van der Waals surface area contributed by atoms with E-state index in [1.807, 2.05) is 19.1 Å². The van der Waals surface area contributed by atoms with E-state index in [2.05, 4.69) is 43.3 Å². The van der Waals surface area contributed by atoms with E-state index in [1.165, 1.54) is 12.7 Å². The maximum absolute atomic E-state index is 11.1. The molecule has 4 heteroatoms. The first-order valence-electron chi connectivity index (χ1n) is 4.06. The van der Waals surface area contributed by atoms with E-state index in [0.717, 1.165) is 13.6 Å². The smallest absolute Gasteiger partial charge is 0.310 e.